The van der Waals surface area contributed by atoms with Gasteiger partial charge in [-0.2, -0.15) is 8.42 Å². The van der Waals surface area contributed by atoms with E-state index in [0.29, 0.717) is 0 Å². The smallest absolute Gasteiger partial charge is 0.325 e. The van der Waals surface area contributed by atoms with Crippen molar-refractivity contribution in [3.8, 4) is 0 Å². The Balaban J connectivity index is 0. The van der Waals surface area contributed by atoms with Gasteiger partial charge < -0.3 is 5.73 Å². The minimum Gasteiger partial charge on any atom is -0.325 e. The van der Waals surface area contributed by atoms with Crippen molar-refractivity contribution in [2.24, 2.45) is 5.73 Å². The first-order chi connectivity index (χ1) is 15.2. The molecule has 0 bridgehead atoms. The SMILES string of the molecule is CCCCCCCCCC(N)(CCCCCCCC)CCCCCCCC.O=S(=O)(O)O. The zero-order valence-corrected chi connectivity index (χ0v) is 22.6. The van der Waals surface area contributed by atoms with Crippen LogP contribution in [-0.4, -0.2) is 23.1 Å². The highest BCUT2D eigenvalue weighted by molar-refractivity contribution is 7.79. The molecule has 0 spiro atoms. The average molecular weight is 480 g/mol. The second-order valence-corrected chi connectivity index (χ2v) is 10.6. The van der Waals surface area contributed by atoms with Crippen LogP contribution in [0.3, 0.4) is 0 Å². The van der Waals surface area contributed by atoms with Crippen molar-refractivity contribution in [2.45, 2.75) is 168 Å². The lowest BCUT2D eigenvalue weighted by Crippen LogP contribution is -2.39. The third-order valence-corrected chi connectivity index (χ3v) is 6.33. The molecule has 0 rings (SSSR count). The molecule has 0 aliphatic rings. The normalized spacial score (nSPS) is 11.9. The van der Waals surface area contributed by atoms with E-state index in [2.05, 4.69) is 20.8 Å². The van der Waals surface area contributed by atoms with E-state index < -0.39 is 10.4 Å². The summed E-state index contributed by atoms with van der Waals surface area (Å²) in [5.41, 5.74) is 7.08. The molecule has 0 atom stereocenters. The van der Waals surface area contributed by atoms with Gasteiger partial charge in [0.15, 0.2) is 0 Å². The quantitative estimate of drug-likeness (QED) is 0.106. The molecule has 32 heavy (non-hydrogen) atoms. The van der Waals surface area contributed by atoms with E-state index in [1.165, 1.54) is 141 Å². The summed E-state index contributed by atoms with van der Waals surface area (Å²) in [6, 6.07) is 0. The van der Waals surface area contributed by atoms with E-state index in [9.17, 15) is 0 Å². The summed E-state index contributed by atoms with van der Waals surface area (Å²) in [6.45, 7) is 6.90. The Bertz CT molecular complexity index is 444. The molecule has 0 aliphatic heterocycles. The molecule has 0 aromatic heterocycles. The van der Waals surface area contributed by atoms with Crippen molar-refractivity contribution in [1.82, 2.24) is 0 Å². The fourth-order valence-electron chi connectivity index (χ4n) is 4.32. The molecule has 0 radical (unpaired) electrons. The Morgan fingerprint density at radius 2 is 0.688 bits per heavy atom. The predicted octanol–water partition coefficient (Wildman–Crippen LogP) is 8.67. The molecule has 0 aromatic carbocycles. The van der Waals surface area contributed by atoms with Gasteiger partial charge in [0.05, 0.1) is 0 Å². The lowest BCUT2D eigenvalue weighted by Gasteiger charge is -2.30. The van der Waals surface area contributed by atoms with E-state index >= 15 is 0 Å². The van der Waals surface area contributed by atoms with E-state index in [-0.39, 0.29) is 5.54 Å². The van der Waals surface area contributed by atoms with Crippen LogP contribution >= 0.6 is 0 Å². The van der Waals surface area contributed by atoms with Crippen molar-refractivity contribution in [3.05, 3.63) is 0 Å². The highest BCUT2D eigenvalue weighted by atomic mass is 32.3. The van der Waals surface area contributed by atoms with Crippen LogP contribution in [-0.2, 0) is 10.4 Å². The van der Waals surface area contributed by atoms with Gasteiger partial charge in [-0.15, -0.1) is 0 Å². The Hall–Kier alpha value is -0.170. The first-order valence-corrected chi connectivity index (χ1v) is 15.1. The van der Waals surface area contributed by atoms with Gasteiger partial charge >= 0.3 is 10.4 Å². The van der Waals surface area contributed by atoms with Gasteiger partial charge in [0, 0.05) is 5.54 Å². The molecular weight excluding hydrogens is 422 g/mol. The summed E-state index contributed by atoms with van der Waals surface area (Å²) >= 11 is 0. The second-order valence-electron chi connectivity index (χ2n) is 9.72. The molecule has 196 valence electrons. The van der Waals surface area contributed by atoms with Crippen molar-refractivity contribution in [1.29, 1.82) is 0 Å². The van der Waals surface area contributed by atoms with Crippen molar-refractivity contribution < 1.29 is 17.5 Å². The standard InChI is InChI=1S/C26H55N.H2O4S/c1-4-7-10-13-16-19-22-25-26(27,23-20-17-14-11-8-5-2)24-21-18-15-12-9-6-3;1-5(2,3)4/h4-25,27H2,1-3H3;(H2,1,2,3,4). The Morgan fingerprint density at radius 1 is 0.500 bits per heavy atom. The van der Waals surface area contributed by atoms with Crippen LogP contribution in [0.15, 0.2) is 0 Å². The van der Waals surface area contributed by atoms with Crippen LogP contribution in [0.4, 0.5) is 0 Å². The van der Waals surface area contributed by atoms with Gasteiger partial charge in [-0.05, 0) is 19.3 Å². The summed E-state index contributed by atoms with van der Waals surface area (Å²) in [6.07, 6.45) is 30.3. The molecule has 0 unspecified atom stereocenters. The lowest BCUT2D eigenvalue weighted by atomic mass is 9.82. The monoisotopic (exact) mass is 479 g/mol. The molecule has 0 fully saturated rings. The second kappa shape index (κ2) is 24.0. The maximum atomic E-state index is 8.74. The minimum atomic E-state index is -4.67. The largest absolute Gasteiger partial charge is 0.394 e. The maximum Gasteiger partial charge on any atom is 0.394 e. The first-order valence-electron chi connectivity index (χ1n) is 13.7. The Morgan fingerprint density at radius 3 is 0.906 bits per heavy atom. The summed E-state index contributed by atoms with van der Waals surface area (Å²) in [4.78, 5) is 0. The van der Waals surface area contributed by atoms with E-state index in [1.807, 2.05) is 0 Å². The molecule has 4 N–H and O–H groups in total. The molecule has 0 saturated carbocycles. The van der Waals surface area contributed by atoms with Crippen LogP contribution < -0.4 is 5.73 Å². The summed E-state index contributed by atoms with van der Waals surface area (Å²) in [7, 11) is -4.67. The molecular formula is C26H57NO4S. The van der Waals surface area contributed by atoms with E-state index in [0.717, 1.165) is 0 Å². The van der Waals surface area contributed by atoms with E-state index in [4.69, 9.17) is 23.3 Å². The van der Waals surface area contributed by atoms with Crippen LogP contribution in [0.1, 0.15) is 162 Å². The highest BCUT2D eigenvalue weighted by Crippen LogP contribution is 2.27. The molecule has 0 aliphatic carbocycles. The number of unbranched alkanes of at least 4 members (excludes halogenated alkanes) is 16. The van der Waals surface area contributed by atoms with Crippen LogP contribution in [0.2, 0.25) is 0 Å². The zero-order chi connectivity index (χ0) is 24.6. The van der Waals surface area contributed by atoms with E-state index in [1.54, 1.807) is 0 Å². The van der Waals surface area contributed by atoms with Crippen molar-refractivity contribution >= 4 is 10.4 Å². The maximum absolute atomic E-state index is 8.74. The fraction of sp³-hybridized carbons (Fsp3) is 1.00. The summed E-state index contributed by atoms with van der Waals surface area (Å²) in [5.74, 6) is 0. The van der Waals surface area contributed by atoms with Crippen LogP contribution in [0.5, 0.6) is 0 Å². The topological polar surface area (TPSA) is 101 Å². The highest BCUT2D eigenvalue weighted by Gasteiger charge is 2.23. The summed E-state index contributed by atoms with van der Waals surface area (Å²) in [5, 5.41) is 0. The zero-order valence-electron chi connectivity index (χ0n) is 21.8. The predicted molar refractivity (Wildman–Crippen MR) is 140 cm³/mol. The molecule has 0 heterocycles. The minimum absolute atomic E-state index is 0.138. The number of rotatable bonds is 22. The number of nitrogens with two attached hydrogens (primary N) is 1. The molecule has 0 amide bonds. The van der Waals surface area contributed by atoms with Gasteiger partial charge in [0.2, 0.25) is 0 Å². The first kappa shape index (κ1) is 34.0. The van der Waals surface area contributed by atoms with Crippen LogP contribution in [0, 0.1) is 0 Å². The average Bonchev–Trinajstić information content (AvgIpc) is 2.71. The van der Waals surface area contributed by atoms with Gasteiger partial charge in [-0.1, -0.05) is 143 Å². The Labute approximate surface area is 201 Å². The number of hydrogen-bond acceptors (Lipinski definition) is 3. The molecule has 0 saturated heterocycles. The summed E-state index contributed by atoms with van der Waals surface area (Å²) < 4.78 is 31.6. The van der Waals surface area contributed by atoms with Crippen molar-refractivity contribution in [3.63, 3.8) is 0 Å². The number of hydrogen-bond donors (Lipinski definition) is 3. The lowest BCUT2D eigenvalue weighted by molar-refractivity contribution is 0.302. The van der Waals surface area contributed by atoms with Gasteiger partial charge in [-0.3, -0.25) is 9.11 Å². The van der Waals surface area contributed by atoms with Gasteiger partial charge in [-0.25, -0.2) is 0 Å². The van der Waals surface area contributed by atoms with Crippen LogP contribution in [0.25, 0.3) is 0 Å². The molecule has 5 nitrogen and oxygen atoms in total. The van der Waals surface area contributed by atoms with Gasteiger partial charge in [0.25, 0.3) is 0 Å². The molecule has 6 heteroatoms. The fourth-order valence-corrected chi connectivity index (χ4v) is 4.32. The third-order valence-electron chi connectivity index (χ3n) is 6.33. The van der Waals surface area contributed by atoms with Gasteiger partial charge in [0.1, 0.15) is 0 Å². The third kappa shape index (κ3) is 32.0. The molecule has 0 aromatic rings. The Kier molecular flexibility index (Phi) is 25.5. The van der Waals surface area contributed by atoms with Crippen molar-refractivity contribution in [2.75, 3.05) is 0 Å².